The molecule has 4 rings (SSSR count). The zero-order valence-electron chi connectivity index (χ0n) is 21.3. The molecule has 196 valence electrons. The Morgan fingerprint density at radius 3 is 2.43 bits per heavy atom. The van der Waals surface area contributed by atoms with Crippen LogP contribution in [0.2, 0.25) is 0 Å². The molecule has 1 fully saturated rings. The third-order valence-corrected chi connectivity index (χ3v) is 7.09. The molecule has 0 bridgehead atoms. The average molecular weight is 513 g/mol. The van der Waals surface area contributed by atoms with E-state index in [1.807, 2.05) is 6.07 Å². The van der Waals surface area contributed by atoms with Gasteiger partial charge in [0.1, 0.15) is 28.8 Å². The number of carbonyl (C=O) groups is 1. The molecule has 0 aliphatic heterocycles. The van der Waals surface area contributed by atoms with Gasteiger partial charge in [0.05, 0.1) is 23.0 Å². The molecule has 1 aromatic carbocycles. The Kier molecular flexibility index (Phi) is 7.66. The highest BCUT2D eigenvalue weighted by molar-refractivity contribution is 6.03. The largest absolute Gasteiger partial charge is 0.374 e. The summed E-state index contributed by atoms with van der Waals surface area (Å²) in [4.78, 5) is 21.2. The molecular formula is C28H31F3N4O2. The Hall–Kier alpha value is -3.30. The van der Waals surface area contributed by atoms with Crippen LogP contribution in [0.15, 0.2) is 42.7 Å². The summed E-state index contributed by atoms with van der Waals surface area (Å²) in [5.41, 5.74) is 5.46. The first-order valence-corrected chi connectivity index (χ1v) is 12.2. The van der Waals surface area contributed by atoms with E-state index in [1.54, 1.807) is 20.0 Å². The normalized spacial score (nSPS) is 20.1. The molecule has 0 radical (unpaired) electrons. The van der Waals surface area contributed by atoms with Gasteiger partial charge in [0, 0.05) is 19.3 Å². The number of pyridine rings is 2. The number of amides is 1. The highest BCUT2D eigenvalue weighted by atomic mass is 19.1. The lowest BCUT2D eigenvalue weighted by Crippen LogP contribution is -2.31. The Bertz CT molecular complexity index is 1280. The molecule has 1 saturated carbocycles. The maximum absolute atomic E-state index is 15.0. The van der Waals surface area contributed by atoms with Crippen molar-refractivity contribution in [2.24, 2.45) is 11.7 Å². The predicted molar refractivity (Wildman–Crippen MR) is 136 cm³/mol. The first kappa shape index (κ1) is 26.8. The Morgan fingerprint density at radius 1 is 1.08 bits per heavy atom. The molecule has 0 unspecified atom stereocenters. The van der Waals surface area contributed by atoms with E-state index < -0.39 is 40.2 Å². The predicted octanol–water partition coefficient (Wildman–Crippen LogP) is 5.93. The van der Waals surface area contributed by atoms with Gasteiger partial charge in [0.25, 0.3) is 5.91 Å². The molecule has 3 N–H and O–H groups in total. The van der Waals surface area contributed by atoms with E-state index >= 15 is 8.78 Å². The number of hydrogen-bond acceptors (Lipinski definition) is 5. The third-order valence-electron chi connectivity index (χ3n) is 7.09. The lowest BCUT2D eigenvalue weighted by atomic mass is 9.76. The second-order valence-electron chi connectivity index (χ2n) is 10.2. The van der Waals surface area contributed by atoms with E-state index in [-0.39, 0.29) is 23.2 Å². The van der Waals surface area contributed by atoms with Crippen LogP contribution in [0, 0.1) is 23.4 Å². The van der Waals surface area contributed by atoms with Crippen LogP contribution in [-0.4, -0.2) is 29.0 Å². The molecular weight excluding hydrogens is 481 g/mol. The highest BCUT2D eigenvalue weighted by Gasteiger charge is 2.29. The van der Waals surface area contributed by atoms with Crippen molar-refractivity contribution in [2.45, 2.75) is 57.6 Å². The lowest BCUT2D eigenvalue weighted by molar-refractivity contribution is 0.0187. The zero-order valence-corrected chi connectivity index (χ0v) is 21.3. The summed E-state index contributed by atoms with van der Waals surface area (Å²) < 4.78 is 50.0. The number of benzene rings is 1. The number of aromatic nitrogens is 2. The highest BCUT2D eigenvalue weighted by Crippen LogP contribution is 2.38. The standard InChI is InChI=1S/C28H31F3N4O2/c1-15-9-16(11-18(32)10-15)19-7-8-33-14-24(19)35-27(36)23-6-5-20(29)26(34-23)25-21(30)12-17(13-22(25)31)28(2,3)37-4/h5-8,12-16,18H,9-11,32H2,1-4H3,(H,35,36)/t15-,16+,18+/m0/s1. The van der Waals surface area contributed by atoms with Crippen LogP contribution >= 0.6 is 0 Å². The fraction of sp³-hybridized carbons (Fsp3) is 0.393. The summed E-state index contributed by atoms with van der Waals surface area (Å²) in [6.45, 7) is 5.45. The Balaban J connectivity index is 1.65. The van der Waals surface area contributed by atoms with Crippen molar-refractivity contribution in [3.8, 4) is 11.3 Å². The lowest BCUT2D eigenvalue weighted by Gasteiger charge is -2.32. The molecule has 3 aromatic rings. The maximum atomic E-state index is 15.0. The number of methoxy groups -OCH3 is 1. The number of rotatable bonds is 6. The average Bonchev–Trinajstić information content (AvgIpc) is 2.84. The van der Waals surface area contributed by atoms with Gasteiger partial charge in [-0.1, -0.05) is 6.92 Å². The number of hydrogen-bond donors (Lipinski definition) is 2. The monoisotopic (exact) mass is 512 g/mol. The van der Waals surface area contributed by atoms with Crippen molar-refractivity contribution in [3.63, 3.8) is 0 Å². The van der Waals surface area contributed by atoms with E-state index in [2.05, 4.69) is 22.2 Å². The van der Waals surface area contributed by atoms with Crippen LogP contribution in [0.25, 0.3) is 11.3 Å². The number of nitrogens with zero attached hydrogens (tertiary/aromatic N) is 2. The molecule has 6 nitrogen and oxygen atoms in total. The van der Waals surface area contributed by atoms with Crippen molar-refractivity contribution in [2.75, 3.05) is 12.4 Å². The van der Waals surface area contributed by atoms with Gasteiger partial charge in [0.2, 0.25) is 0 Å². The number of ether oxygens (including phenoxy) is 1. The summed E-state index contributed by atoms with van der Waals surface area (Å²) in [5.74, 6) is -3.05. The molecule has 1 amide bonds. The van der Waals surface area contributed by atoms with Crippen LogP contribution in [-0.2, 0) is 10.3 Å². The number of anilines is 1. The molecule has 0 saturated heterocycles. The minimum absolute atomic E-state index is 0.0671. The van der Waals surface area contributed by atoms with E-state index in [0.29, 0.717) is 11.6 Å². The van der Waals surface area contributed by atoms with Gasteiger partial charge in [-0.3, -0.25) is 9.78 Å². The van der Waals surface area contributed by atoms with Crippen LogP contribution < -0.4 is 11.1 Å². The Morgan fingerprint density at radius 2 is 1.78 bits per heavy atom. The SMILES string of the molecule is COC(C)(C)c1cc(F)c(-c2nc(C(=O)Nc3cnccc3[C@@H]3C[C@H](C)C[C@@H](N)C3)ccc2F)c(F)c1. The molecule has 0 spiro atoms. The van der Waals surface area contributed by atoms with Gasteiger partial charge in [-0.05, 0) is 86.4 Å². The van der Waals surface area contributed by atoms with E-state index in [1.165, 1.54) is 19.4 Å². The van der Waals surface area contributed by atoms with Gasteiger partial charge in [-0.15, -0.1) is 0 Å². The summed E-state index contributed by atoms with van der Waals surface area (Å²) >= 11 is 0. The first-order valence-electron chi connectivity index (χ1n) is 12.2. The third kappa shape index (κ3) is 5.67. The second kappa shape index (κ2) is 10.6. The minimum Gasteiger partial charge on any atom is -0.374 e. The molecule has 1 aliphatic rings. The minimum atomic E-state index is -1.01. The summed E-state index contributed by atoms with van der Waals surface area (Å²) in [7, 11) is 1.42. The van der Waals surface area contributed by atoms with Gasteiger partial charge in [0.15, 0.2) is 0 Å². The molecule has 1 aliphatic carbocycles. The molecule has 9 heteroatoms. The smallest absolute Gasteiger partial charge is 0.274 e. The van der Waals surface area contributed by atoms with Crippen LogP contribution in [0.4, 0.5) is 18.9 Å². The quantitative estimate of drug-likeness (QED) is 0.428. The maximum Gasteiger partial charge on any atom is 0.274 e. The van der Waals surface area contributed by atoms with Crippen molar-refractivity contribution >= 4 is 11.6 Å². The topological polar surface area (TPSA) is 90.1 Å². The van der Waals surface area contributed by atoms with E-state index in [9.17, 15) is 9.18 Å². The number of nitrogens with one attached hydrogen (secondary N) is 1. The van der Waals surface area contributed by atoms with Crippen LogP contribution in [0.1, 0.15) is 67.6 Å². The molecule has 3 atom stereocenters. The first-order chi connectivity index (χ1) is 17.5. The van der Waals surface area contributed by atoms with Crippen LogP contribution in [0.3, 0.4) is 0 Å². The van der Waals surface area contributed by atoms with Gasteiger partial charge in [-0.2, -0.15) is 0 Å². The fourth-order valence-electron chi connectivity index (χ4n) is 4.97. The summed E-state index contributed by atoms with van der Waals surface area (Å²) in [6, 6.07) is 6.21. The zero-order chi connectivity index (χ0) is 26.9. The van der Waals surface area contributed by atoms with Gasteiger partial charge >= 0.3 is 0 Å². The number of nitrogens with two attached hydrogens (primary N) is 1. The van der Waals surface area contributed by atoms with Crippen molar-refractivity contribution in [3.05, 3.63) is 77.0 Å². The molecule has 2 aromatic heterocycles. The van der Waals surface area contributed by atoms with Gasteiger partial charge in [-0.25, -0.2) is 18.2 Å². The van der Waals surface area contributed by atoms with Crippen molar-refractivity contribution in [1.29, 1.82) is 0 Å². The second-order valence-corrected chi connectivity index (χ2v) is 10.2. The molecule has 2 heterocycles. The van der Waals surface area contributed by atoms with Crippen LogP contribution in [0.5, 0.6) is 0 Å². The van der Waals surface area contributed by atoms with Crippen molar-refractivity contribution in [1.82, 2.24) is 9.97 Å². The molecule has 37 heavy (non-hydrogen) atoms. The number of halogens is 3. The van der Waals surface area contributed by atoms with Crippen molar-refractivity contribution < 1.29 is 22.7 Å². The summed E-state index contributed by atoms with van der Waals surface area (Å²) in [5, 5.41) is 2.79. The van der Waals surface area contributed by atoms with Gasteiger partial charge < -0.3 is 15.8 Å². The summed E-state index contributed by atoms with van der Waals surface area (Å²) in [6.07, 6.45) is 5.85. The van der Waals surface area contributed by atoms with E-state index in [0.717, 1.165) is 43.0 Å². The number of carbonyl (C=O) groups excluding carboxylic acids is 1. The Labute approximate surface area is 214 Å². The fourth-order valence-corrected chi connectivity index (χ4v) is 4.97. The van der Waals surface area contributed by atoms with E-state index in [4.69, 9.17) is 10.5 Å².